The van der Waals surface area contributed by atoms with Gasteiger partial charge >= 0.3 is 39.5 Å². The number of aliphatic hydroxyl groups is 1. The minimum atomic E-state index is -4.96. The van der Waals surface area contributed by atoms with Crippen LogP contribution in [0.25, 0.3) is 0 Å². The van der Waals surface area contributed by atoms with Gasteiger partial charge in [0.15, 0.2) is 12.2 Å². The van der Waals surface area contributed by atoms with E-state index in [9.17, 15) is 43.2 Å². The molecule has 2 unspecified atom stereocenters. The molecule has 0 radical (unpaired) electrons. The Labute approximate surface area is 607 Å². The zero-order chi connectivity index (χ0) is 72.7. The molecule has 0 aliphatic carbocycles. The monoisotopic (exact) mass is 1450 g/mol. The van der Waals surface area contributed by atoms with Gasteiger partial charge in [-0.25, -0.2) is 9.13 Å². The van der Waals surface area contributed by atoms with Gasteiger partial charge < -0.3 is 33.8 Å². The van der Waals surface area contributed by atoms with E-state index in [1.165, 1.54) is 238 Å². The lowest BCUT2D eigenvalue weighted by Gasteiger charge is -2.21. The van der Waals surface area contributed by atoms with E-state index in [0.717, 1.165) is 103 Å². The molecule has 0 aliphatic heterocycles. The molecule has 0 bridgehead atoms. The summed E-state index contributed by atoms with van der Waals surface area (Å²) < 4.78 is 68.5. The molecule has 5 atom stereocenters. The molecule has 99 heavy (non-hydrogen) atoms. The molecule has 0 fully saturated rings. The Kier molecular flexibility index (Phi) is 71.6. The van der Waals surface area contributed by atoms with Gasteiger partial charge in [0.2, 0.25) is 0 Å². The molecule has 0 spiro atoms. The van der Waals surface area contributed by atoms with Gasteiger partial charge in [0, 0.05) is 25.7 Å². The normalized spacial score (nSPS) is 13.9. The first-order valence-corrected chi connectivity index (χ1v) is 44.6. The Hall–Kier alpha value is -1.94. The highest BCUT2D eigenvalue weighted by molar-refractivity contribution is 7.47. The van der Waals surface area contributed by atoms with Gasteiger partial charge in [-0.15, -0.1) is 0 Å². The number of phosphoric ester groups is 2. The average molecular weight is 1450 g/mol. The summed E-state index contributed by atoms with van der Waals surface area (Å²) in [5.41, 5.74) is 0. The van der Waals surface area contributed by atoms with Crippen LogP contribution in [0.4, 0.5) is 0 Å². The van der Waals surface area contributed by atoms with E-state index < -0.39 is 97.5 Å². The maximum atomic E-state index is 13.1. The van der Waals surface area contributed by atoms with Crippen LogP contribution in [0.15, 0.2) is 0 Å². The predicted octanol–water partition coefficient (Wildman–Crippen LogP) is 24.0. The lowest BCUT2D eigenvalue weighted by molar-refractivity contribution is -0.161. The Morgan fingerprint density at radius 1 is 0.273 bits per heavy atom. The molecule has 0 heterocycles. The van der Waals surface area contributed by atoms with Gasteiger partial charge in [-0.05, 0) is 31.6 Å². The van der Waals surface area contributed by atoms with Crippen molar-refractivity contribution in [3.63, 3.8) is 0 Å². The SMILES string of the molecule is CCCCCCCCCCCCCCCCCCCCCCCC(=O)OC[C@H](COP(=O)(O)OC[C@@H](O)COP(=O)(O)OC[C@@H](COC(=O)CCCCCCCCC)OC(=O)CCCCCCCCCC(C)C)OC(=O)CCCCCCCCCCCCCCCCCCCCCCC. The summed E-state index contributed by atoms with van der Waals surface area (Å²) in [6, 6.07) is 0. The Bertz CT molecular complexity index is 1890. The molecule has 3 N–H and O–H groups in total. The molecule has 0 aliphatic rings. The van der Waals surface area contributed by atoms with Gasteiger partial charge in [-0.2, -0.15) is 0 Å². The number of esters is 4. The summed E-state index contributed by atoms with van der Waals surface area (Å²) in [6.45, 7) is 7.20. The fourth-order valence-electron chi connectivity index (χ4n) is 12.4. The maximum absolute atomic E-state index is 13.1. The van der Waals surface area contributed by atoms with Crippen molar-refractivity contribution in [1.82, 2.24) is 0 Å². The van der Waals surface area contributed by atoms with Crippen molar-refractivity contribution in [3.8, 4) is 0 Å². The van der Waals surface area contributed by atoms with E-state index in [-0.39, 0.29) is 25.7 Å². The zero-order valence-electron chi connectivity index (χ0n) is 64.6. The van der Waals surface area contributed by atoms with Crippen molar-refractivity contribution in [3.05, 3.63) is 0 Å². The van der Waals surface area contributed by atoms with Gasteiger partial charge in [0.1, 0.15) is 19.3 Å². The summed E-state index contributed by atoms with van der Waals surface area (Å²) in [4.78, 5) is 72.7. The topological polar surface area (TPSA) is 237 Å². The third-order valence-electron chi connectivity index (χ3n) is 18.8. The molecule has 17 nitrogen and oxygen atoms in total. The highest BCUT2D eigenvalue weighted by Gasteiger charge is 2.30. The van der Waals surface area contributed by atoms with Crippen molar-refractivity contribution >= 4 is 39.5 Å². The summed E-state index contributed by atoms with van der Waals surface area (Å²) in [5.74, 6) is -1.42. The molecular formula is C80H156O17P2. The summed E-state index contributed by atoms with van der Waals surface area (Å²) in [6.07, 6.45) is 64.5. The number of hydrogen-bond donors (Lipinski definition) is 3. The van der Waals surface area contributed by atoms with Gasteiger partial charge in [-0.1, -0.05) is 375 Å². The Balaban J connectivity index is 5.13. The van der Waals surface area contributed by atoms with E-state index in [0.29, 0.717) is 31.6 Å². The highest BCUT2D eigenvalue weighted by Crippen LogP contribution is 2.45. The molecule has 0 saturated carbocycles. The van der Waals surface area contributed by atoms with E-state index in [2.05, 4.69) is 34.6 Å². The molecular weight excluding hydrogens is 1290 g/mol. The average Bonchev–Trinajstić information content (AvgIpc) is 0.962. The summed E-state index contributed by atoms with van der Waals surface area (Å²) in [7, 11) is -9.91. The second-order valence-corrected chi connectivity index (χ2v) is 32.2. The molecule has 0 aromatic heterocycles. The van der Waals surface area contributed by atoms with Crippen LogP contribution in [0.3, 0.4) is 0 Å². The number of hydrogen-bond acceptors (Lipinski definition) is 15. The zero-order valence-corrected chi connectivity index (χ0v) is 66.4. The first kappa shape index (κ1) is 97.1. The van der Waals surface area contributed by atoms with E-state index in [1.807, 2.05) is 0 Å². The van der Waals surface area contributed by atoms with Crippen molar-refractivity contribution in [2.24, 2.45) is 5.92 Å². The molecule has 0 aromatic carbocycles. The minimum Gasteiger partial charge on any atom is -0.462 e. The van der Waals surface area contributed by atoms with Crippen LogP contribution in [0.2, 0.25) is 0 Å². The van der Waals surface area contributed by atoms with E-state index in [1.54, 1.807) is 0 Å². The van der Waals surface area contributed by atoms with Gasteiger partial charge in [-0.3, -0.25) is 37.3 Å². The van der Waals surface area contributed by atoms with Crippen molar-refractivity contribution < 1.29 is 80.2 Å². The van der Waals surface area contributed by atoms with Crippen LogP contribution in [0, 0.1) is 5.92 Å². The number of aliphatic hydroxyl groups excluding tert-OH is 1. The van der Waals surface area contributed by atoms with Gasteiger partial charge in [0.05, 0.1) is 26.4 Å². The van der Waals surface area contributed by atoms with Crippen LogP contribution in [-0.2, 0) is 65.4 Å². The molecule has 588 valence electrons. The van der Waals surface area contributed by atoms with Crippen LogP contribution in [-0.4, -0.2) is 96.7 Å². The lowest BCUT2D eigenvalue weighted by Crippen LogP contribution is -2.30. The number of rotatable bonds is 80. The van der Waals surface area contributed by atoms with Gasteiger partial charge in [0.25, 0.3) is 0 Å². The first-order valence-electron chi connectivity index (χ1n) is 41.6. The smallest absolute Gasteiger partial charge is 0.462 e. The van der Waals surface area contributed by atoms with Crippen molar-refractivity contribution in [2.45, 2.75) is 445 Å². The van der Waals surface area contributed by atoms with Crippen LogP contribution in [0.1, 0.15) is 426 Å². The standard InChI is InChI=1S/C80H156O17P2/c1-6-9-12-15-18-20-22-24-26-28-30-32-34-36-38-40-42-44-49-54-59-64-78(83)91-70-76(96-79(84)65-60-55-50-45-43-41-39-37-35-33-31-29-27-25-23-21-19-16-13-10-7-2)72-95-99(88,89)93-68-74(81)67-92-98(86,87)94-71-75(69-90-77(82)63-58-53-47-17-14-11-8-3)97-80(85)66-61-56-51-46-48-52-57-62-73(4)5/h73-76,81H,6-72H2,1-5H3,(H,86,87)(H,88,89)/t74-,75+,76+/m0/s1. The number of ether oxygens (including phenoxy) is 4. The second-order valence-electron chi connectivity index (χ2n) is 29.3. The predicted molar refractivity (Wildman–Crippen MR) is 405 cm³/mol. The lowest BCUT2D eigenvalue weighted by atomic mass is 10.0. The molecule has 0 saturated heterocycles. The number of phosphoric acid groups is 2. The molecule has 19 heteroatoms. The summed E-state index contributed by atoms with van der Waals surface area (Å²) in [5, 5.41) is 10.6. The van der Waals surface area contributed by atoms with Crippen molar-refractivity contribution in [2.75, 3.05) is 39.6 Å². The second kappa shape index (κ2) is 73.0. The fraction of sp³-hybridized carbons (Fsp3) is 0.950. The summed E-state index contributed by atoms with van der Waals surface area (Å²) >= 11 is 0. The Morgan fingerprint density at radius 3 is 0.687 bits per heavy atom. The van der Waals surface area contributed by atoms with E-state index >= 15 is 0 Å². The largest absolute Gasteiger partial charge is 0.472 e. The van der Waals surface area contributed by atoms with Crippen LogP contribution >= 0.6 is 15.6 Å². The number of carbonyl (C=O) groups is 4. The van der Waals surface area contributed by atoms with Crippen LogP contribution < -0.4 is 0 Å². The third-order valence-corrected chi connectivity index (χ3v) is 20.7. The number of carbonyl (C=O) groups excluding carboxylic acids is 4. The van der Waals surface area contributed by atoms with Crippen LogP contribution in [0.5, 0.6) is 0 Å². The quantitative estimate of drug-likeness (QED) is 0.0222. The third kappa shape index (κ3) is 74.1. The first-order chi connectivity index (χ1) is 48.0. The highest BCUT2D eigenvalue weighted by atomic mass is 31.2. The van der Waals surface area contributed by atoms with Crippen molar-refractivity contribution in [1.29, 1.82) is 0 Å². The number of unbranched alkanes of at least 4 members (excludes halogenated alkanes) is 52. The fourth-order valence-corrected chi connectivity index (χ4v) is 14.0. The molecule has 0 aromatic rings. The molecule has 0 amide bonds. The maximum Gasteiger partial charge on any atom is 0.472 e. The molecule has 0 rings (SSSR count). The Morgan fingerprint density at radius 2 is 0.465 bits per heavy atom. The van der Waals surface area contributed by atoms with E-state index in [4.69, 9.17) is 37.0 Å². The minimum absolute atomic E-state index is 0.104.